The van der Waals surface area contributed by atoms with Crippen molar-refractivity contribution in [2.75, 3.05) is 19.6 Å². The van der Waals surface area contributed by atoms with E-state index >= 15 is 0 Å². The summed E-state index contributed by atoms with van der Waals surface area (Å²) in [7, 11) is -3.58. The lowest BCUT2D eigenvalue weighted by Gasteiger charge is -2.41. The van der Waals surface area contributed by atoms with Crippen LogP contribution < -0.4 is 0 Å². The molecule has 1 N–H and O–H groups in total. The third-order valence-electron chi connectivity index (χ3n) is 5.62. The second-order valence-electron chi connectivity index (χ2n) is 7.68. The largest absolute Gasteiger partial charge is 0.348 e. The zero-order valence-corrected chi connectivity index (χ0v) is 19.2. The highest BCUT2D eigenvalue weighted by atomic mass is 35.5. The van der Waals surface area contributed by atoms with Crippen molar-refractivity contribution < 1.29 is 8.42 Å². The number of benzene rings is 2. The molecule has 1 fully saturated rings. The fourth-order valence-corrected chi connectivity index (χ4v) is 5.61. The van der Waals surface area contributed by atoms with Crippen LogP contribution in [0.4, 0.5) is 0 Å². The molecule has 1 unspecified atom stereocenters. The Bertz CT molecular complexity index is 1090. The number of imidazole rings is 1. The lowest BCUT2D eigenvalue weighted by molar-refractivity contribution is 0.104. The van der Waals surface area contributed by atoms with Crippen LogP contribution in [0.1, 0.15) is 17.7 Å². The Kier molecular flexibility index (Phi) is 6.99. The standard InChI is InChI=1S/C22H24Cl2N4O2S/c23-18-3-1-17(2-4-18)14-27-11-12-28(15-21(27)8-7-20-13-25-16-26-20)31(29,30)22-9-5-19(24)6-10-22/h1-6,9-10,13,16,21H,7-8,11-12,14-15H2,(H,25,26). The van der Waals surface area contributed by atoms with Gasteiger partial charge in [-0.25, -0.2) is 13.4 Å². The number of aromatic nitrogens is 2. The van der Waals surface area contributed by atoms with Crippen LogP contribution in [0.3, 0.4) is 0 Å². The zero-order valence-electron chi connectivity index (χ0n) is 16.9. The Morgan fingerprint density at radius 2 is 1.68 bits per heavy atom. The van der Waals surface area contributed by atoms with E-state index in [2.05, 4.69) is 14.9 Å². The summed E-state index contributed by atoms with van der Waals surface area (Å²) in [4.78, 5) is 9.84. The maximum Gasteiger partial charge on any atom is 0.243 e. The second kappa shape index (κ2) is 9.71. The summed E-state index contributed by atoms with van der Waals surface area (Å²) in [6.07, 6.45) is 5.10. The number of nitrogens with one attached hydrogen (secondary N) is 1. The summed E-state index contributed by atoms with van der Waals surface area (Å²) >= 11 is 12.0. The van der Waals surface area contributed by atoms with Crippen molar-refractivity contribution in [3.8, 4) is 0 Å². The zero-order chi connectivity index (χ0) is 21.8. The highest BCUT2D eigenvalue weighted by Crippen LogP contribution is 2.25. The molecule has 1 atom stereocenters. The first-order valence-corrected chi connectivity index (χ1v) is 12.3. The maximum absolute atomic E-state index is 13.2. The number of sulfonamides is 1. The monoisotopic (exact) mass is 478 g/mol. The number of aromatic amines is 1. The van der Waals surface area contributed by atoms with E-state index in [4.69, 9.17) is 23.2 Å². The maximum atomic E-state index is 13.2. The molecule has 9 heteroatoms. The van der Waals surface area contributed by atoms with E-state index in [1.54, 1.807) is 34.9 Å². The molecule has 0 amide bonds. The van der Waals surface area contributed by atoms with Crippen molar-refractivity contribution in [2.45, 2.75) is 30.3 Å². The van der Waals surface area contributed by atoms with E-state index in [-0.39, 0.29) is 10.9 Å². The number of hydrogen-bond acceptors (Lipinski definition) is 4. The van der Waals surface area contributed by atoms with Crippen molar-refractivity contribution in [1.82, 2.24) is 19.2 Å². The third kappa shape index (κ3) is 5.48. The Balaban J connectivity index is 1.52. The summed E-state index contributed by atoms with van der Waals surface area (Å²) in [5.41, 5.74) is 2.20. The normalized spacial score (nSPS) is 18.3. The van der Waals surface area contributed by atoms with Gasteiger partial charge in [-0.05, 0) is 54.8 Å². The molecule has 0 aliphatic carbocycles. The molecule has 1 aliphatic heterocycles. The van der Waals surface area contributed by atoms with Crippen molar-refractivity contribution in [3.05, 3.63) is 82.4 Å². The van der Waals surface area contributed by atoms with Gasteiger partial charge in [-0.2, -0.15) is 4.31 Å². The molecule has 1 saturated heterocycles. The van der Waals surface area contributed by atoms with E-state index < -0.39 is 10.0 Å². The molecule has 2 heterocycles. The van der Waals surface area contributed by atoms with Gasteiger partial charge in [0.15, 0.2) is 0 Å². The van der Waals surface area contributed by atoms with E-state index in [0.29, 0.717) is 29.7 Å². The number of aryl methyl sites for hydroxylation is 1. The van der Waals surface area contributed by atoms with E-state index in [1.165, 1.54) is 0 Å². The van der Waals surface area contributed by atoms with Gasteiger partial charge in [0.25, 0.3) is 0 Å². The Hall–Kier alpha value is -1.90. The predicted molar refractivity (Wildman–Crippen MR) is 123 cm³/mol. The minimum atomic E-state index is -3.58. The van der Waals surface area contributed by atoms with Gasteiger partial charge in [0.1, 0.15) is 0 Å². The average molecular weight is 479 g/mol. The molecule has 1 aromatic heterocycles. The van der Waals surface area contributed by atoms with Crippen LogP contribution in [0.15, 0.2) is 66.0 Å². The lowest BCUT2D eigenvalue weighted by Crippen LogP contribution is -2.54. The minimum Gasteiger partial charge on any atom is -0.348 e. The molecular weight excluding hydrogens is 455 g/mol. The van der Waals surface area contributed by atoms with Crippen molar-refractivity contribution in [3.63, 3.8) is 0 Å². The van der Waals surface area contributed by atoms with Gasteiger partial charge >= 0.3 is 0 Å². The van der Waals surface area contributed by atoms with Gasteiger partial charge < -0.3 is 4.98 Å². The SMILES string of the molecule is O=S(=O)(c1ccc(Cl)cc1)N1CCN(Cc2ccc(Cl)cc2)C(CCc2cnc[nH]2)C1. The summed E-state index contributed by atoms with van der Waals surface area (Å²) in [6.45, 7) is 2.29. The number of piperazine rings is 1. The molecule has 31 heavy (non-hydrogen) atoms. The molecule has 0 saturated carbocycles. The lowest BCUT2D eigenvalue weighted by atomic mass is 10.0. The van der Waals surface area contributed by atoms with Gasteiger partial charge in [0.05, 0.1) is 11.2 Å². The number of nitrogens with zero attached hydrogens (tertiary/aromatic N) is 3. The first-order valence-electron chi connectivity index (χ1n) is 10.1. The summed E-state index contributed by atoms with van der Waals surface area (Å²) < 4.78 is 28.0. The smallest absolute Gasteiger partial charge is 0.243 e. The minimum absolute atomic E-state index is 0.0785. The van der Waals surface area contributed by atoms with E-state index in [9.17, 15) is 8.42 Å². The Morgan fingerprint density at radius 3 is 2.32 bits per heavy atom. The van der Waals surface area contributed by atoms with Crippen molar-refractivity contribution in [2.24, 2.45) is 0 Å². The quantitative estimate of drug-likeness (QED) is 0.551. The number of hydrogen-bond donors (Lipinski definition) is 1. The van der Waals surface area contributed by atoms with E-state index in [0.717, 1.165) is 30.6 Å². The molecule has 1 aliphatic rings. The van der Waals surface area contributed by atoms with Gasteiger partial charge in [-0.1, -0.05) is 35.3 Å². The highest BCUT2D eigenvalue weighted by molar-refractivity contribution is 7.89. The Morgan fingerprint density at radius 1 is 1.00 bits per heavy atom. The van der Waals surface area contributed by atoms with Crippen LogP contribution in [0.2, 0.25) is 10.0 Å². The molecule has 0 radical (unpaired) electrons. The average Bonchev–Trinajstić information content (AvgIpc) is 3.28. The molecule has 3 aromatic rings. The predicted octanol–water partition coefficient (Wildman–Crippen LogP) is 4.22. The van der Waals surface area contributed by atoms with Crippen LogP contribution in [-0.2, 0) is 23.0 Å². The summed E-state index contributed by atoms with van der Waals surface area (Å²) in [6, 6.07) is 14.2. The third-order valence-corrected chi connectivity index (χ3v) is 8.00. The Labute approximate surface area is 192 Å². The molecule has 0 spiro atoms. The van der Waals surface area contributed by atoms with Gasteiger partial charge in [-0.3, -0.25) is 4.90 Å². The number of rotatable bonds is 7. The van der Waals surface area contributed by atoms with Crippen LogP contribution in [-0.4, -0.2) is 53.3 Å². The van der Waals surface area contributed by atoms with Crippen molar-refractivity contribution in [1.29, 1.82) is 0 Å². The van der Waals surface area contributed by atoms with Crippen LogP contribution in [0, 0.1) is 0 Å². The summed E-state index contributed by atoms with van der Waals surface area (Å²) in [5, 5.41) is 1.22. The fraction of sp³-hybridized carbons (Fsp3) is 0.318. The van der Waals surface area contributed by atoms with Gasteiger partial charge in [0.2, 0.25) is 10.0 Å². The van der Waals surface area contributed by atoms with Gasteiger partial charge in [-0.15, -0.1) is 0 Å². The topological polar surface area (TPSA) is 69.3 Å². The molecule has 4 rings (SSSR count). The first kappa shape index (κ1) is 22.3. The number of H-pyrrole nitrogens is 1. The second-order valence-corrected chi connectivity index (χ2v) is 10.5. The van der Waals surface area contributed by atoms with Crippen LogP contribution in [0.25, 0.3) is 0 Å². The van der Waals surface area contributed by atoms with Crippen LogP contribution in [0.5, 0.6) is 0 Å². The molecule has 2 aromatic carbocycles. The van der Waals surface area contributed by atoms with E-state index in [1.807, 2.05) is 30.5 Å². The highest BCUT2D eigenvalue weighted by Gasteiger charge is 2.34. The van der Waals surface area contributed by atoms with Gasteiger partial charge in [0, 0.05) is 54.2 Å². The molecule has 6 nitrogen and oxygen atoms in total. The van der Waals surface area contributed by atoms with Crippen LogP contribution >= 0.6 is 23.2 Å². The van der Waals surface area contributed by atoms with Crippen molar-refractivity contribution >= 4 is 33.2 Å². The molecule has 164 valence electrons. The fourth-order valence-electron chi connectivity index (χ4n) is 3.89. The molecule has 0 bridgehead atoms. The first-order chi connectivity index (χ1) is 14.9. The molecular formula is C22H24Cl2N4O2S. The summed E-state index contributed by atoms with van der Waals surface area (Å²) in [5.74, 6) is 0. The number of halogens is 2.